The lowest BCUT2D eigenvalue weighted by atomic mass is 10.2. The zero-order valence-corrected chi connectivity index (χ0v) is 15.2. The summed E-state index contributed by atoms with van der Waals surface area (Å²) in [6, 6.07) is 14.4. The second kappa shape index (κ2) is 6.59. The Bertz CT molecular complexity index is 1090. The average molecular weight is 343 g/mol. The van der Waals surface area contributed by atoms with E-state index in [1.54, 1.807) is 0 Å². The van der Waals surface area contributed by atoms with Crippen molar-refractivity contribution in [3.05, 3.63) is 71.6 Å². The highest BCUT2D eigenvalue weighted by Crippen LogP contribution is 2.19. The van der Waals surface area contributed by atoms with Crippen molar-refractivity contribution in [1.29, 1.82) is 0 Å². The Balaban J connectivity index is 1.68. The Morgan fingerprint density at radius 1 is 1.00 bits per heavy atom. The van der Waals surface area contributed by atoms with Crippen LogP contribution in [0.1, 0.15) is 29.8 Å². The normalized spacial score (nSPS) is 11.7. The molecule has 3 heterocycles. The van der Waals surface area contributed by atoms with Gasteiger partial charge in [0.15, 0.2) is 11.5 Å². The van der Waals surface area contributed by atoms with Gasteiger partial charge in [-0.15, -0.1) is 5.10 Å². The van der Waals surface area contributed by atoms with Crippen molar-refractivity contribution in [3.8, 4) is 11.3 Å². The van der Waals surface area contributed by atoms with Crippen LogP contribution in [0.4, 0.5) is 0 Å². The van der Waals surface area contributed by atoms with Gasteiger partial charge < -0.3 is 4.57 Å². The van der Waals surface area contributed by atoms with Gasteiger partial charge in [0.05, 0.1) is 5.69 Å². The van der Waals surface area contributed by atoms with Crippen LogP contribution < -0.4 is 0 Å². The van der Waals surface area contributed by atoms with E-state index in [4.69, 9.17) is 4.98 Å². The highest BCUT2D eigenvalue weighted by molar-refractivity contribution is 5.67. The minimum atomic E-state index is 0.693. The lowest BCUT2D eigenvalue weighted by molar-refractivity contribution is 0.894. The van der Waals surface area contributed by atoms with E-state index in [2.05, 4.69) is 41.3 Å². The molecule has 0 radical (unpaired) electrons. The summed E-state index contributed by atoms with van der Waals surface area (Å²) in [5.74, 6) is 1.56. The third kappa shape index (κ3) is 2.92. The summed E-state index contributed by atoms with van der Waals surface area (Å²) >= 11 is 0. The molecule has 0 aliphatic rings. The Kier molecular flexibility index (Phi) is 4.13. The molecule has 0 unspecified atom stereocenters. The zero-order chi connectivity index (χ0) is 18.1. The number of aromatic nitrogens is 5. The molecule has 4 aromatic rings. The summed E-state index contributed by atoms with van der Waals surface area (Å²) in [5, 5.41) is 4.61. The van der Waals surface area contributed by atoms with Crippen molar-refractivity contribution in [3.63, 3.8) is 0 Å². The first-order chi connectivity index (χ1) is 12.7. The lowest BCUT2D eigenvalue weighted by Crippen LogP contribution is -1.96. The molecule has 0 amide bonds. The second-order valence-electron chi connectivity index (χ2n) is 6.35. The number of imidazole rings is 1. The summed E-state index contributed by atoms with van der Waals surface area (Å²) in [7, 11) is 2.00. The molecule has 4 rings (SSSR count). The molecular formula is C21H21N5. The van der Waals surface area contributed by atoms with Gasteiger partial charge in [-0.25, -0.2) is 14.5 Å². The van der Waals surface area contributed by atoms with E-state index in [9.17, 15) is 0 Å². The monoisotopic (exact) mass is 343 g/mol. The van der Waals surface area contributed by atoms with Crippen LogP contribution in [0.15, 0.2) is 48.7 Å². The predicted octanol–water partition coefficient (Wildman–Crippen LogP) is 4.17. The molecule has 0 fully saturated rings. The first-order valence-corrected chi connectivity index (χ1v) is 8.78. The van der Waals surface area contributed by atoms with Crippen LogP contribution >= 0.6 is 0 Å². The third-order valence-electron chi connectivity index (χ3n) is 4.51. The fourth-order valence-electron chi connectivity index (χ4n) is 3.03. The van der Waals surface area contributed by atoms with Crippen molar-refractivity contribution in [2.75, 3.05) is 0 Å². The Hall–Kier alpha value is -3.21. The molecule has 0 aliphatic carbocycles. The number of aryl methyl sites for hydroxylation is 3. The van der Waals surface area contributed by atoms with Gasteiger partial charge in [0, 0.05) is 24.5 Å². The van der Waals surface area contributed by atoms with Crippen LogP contribution in [-0.4, -0.2) is 24.1 Å². The largest absolute Gasteiger partial charge is 0.334 e. The summed E-state index contributed by atoms with van der Waals surface area (Å²) in [4.78, 5) is 9.40. The van der Waals surface area contributed by atoms with E-state index in [1.807, 2.05) is 59.6 Å². The summed E-state index contributed by atoms with van der Waals surface area (Å²) < 4.78 is 3.92. The lowest BCUT2D eigenvalue weighted by Gasteiger charge is -2.01. The van der Waals surface area contributed by atoms with Gasteiger partial charge >= 0.3 is 0 Å². The summed E-state index contributed by atoms with van der Waals surface area (Å²) in [6.07, 6.45) is 6.85. The SMILES string of the molecule is CCc1ccc(C)n2nc(/C=C/c3nc(-c4ccccc4)cn3C)nc12. The number of fused-ring (bicyclic) bond motifs is 1. The van der Waals surface area contributed by atoms with Crippen molar-refractivity contribution in [1.82, 2.24) is 24.1 Å². The Labute approximate surface area is 152 Å². The van der Waals surface area contributed by atoms with Crippen molar-refractivity contribution < 1.29 is 0 Å². The van der Waals surface area contributed by atoms with E-state index >= 15 is 0 Å². The number of hydrogen-bond acceptors (Lipinski definition) is 3. The fraction of sp³-hybridized carbons (Fsp3) is 0.190. The van der Waals surface area contributed by atoms with Crippen LogP contribution in [0, 0.1) is 6.92 Å². The predicted molar refractivity (Wildman–Crippen MR) is 105 cm³/mol. The number of pyridine rings is 1. The molecule has 0 aliphatic heterocycles. The smallest absolute Gasteiger partial charge is 0.175 e. The maximum atomic E-state index is 4.71. The molecule has 5 nitrogen and oxygen atoms in total. The fourth-order valence-corrected chi connectivity index (χ4v) is 3.03. The van der Waals surface area contributed by atoms with E-state index in [1.165, 1.54) is 5.56 Å². The molecule has 130 valence electrons. The van der Waals surface area contributed by atoms with Gasteiger partial charge in [-0.2, -0.15) is 0 Å². The molecule has 0 spiro atoms. The maximum absolute atomic E-state index is 4.71. The second-order valence-corrected chi connectivity index (χ2v) is 6.35. The van der Waals surface area contributed by atoms with Crippen LogP contribution in [0.3, 0.4) is 0 Å². The minimum Gasteiger partial charge on any atom is -0.334 e. The van der Waals surface area contributed by atoms with Crippen LogP contribution in [-0.2, 0) is 13.5 Å². The van der Waals surface area contributed by atoms with Crippen LogP contribution in [0.25, 0.3) is 29.1 Å². The first kappa shape index (κ1) is 16.3. The summed E-state index contributed by atoms with van der Waals surface area (Å²) in [5.41, 5.74) is 5.27. The molecular weight excluding hydrogens is 322 g/mol. The number of nitrogens with zero attached hydrogens (tertiary/aromatic N) is 5. The number of hydrogen-bond donors (Lipinski definition) is 0. The van der Waals surface area contributed by atoms with Crippen LogP contribution in [0.5, 0.6) is 0 Å². The maximum Gasteiger partial charge on any atom is 0.175 e. The number of rotatable bonds is 4. The van der Waals surface area contributed by atoms with Gasteiger partial charge in [0.1, 0.15) is 5.82 Å². The molecule has 0 saturated heterocycles. The molecule has 3 aromatic heterocycles. The van der Waals surface area contributed by atoms with Gasteiger partial charge in [0.25, 0.3) is 0 Å². The zero-order valence-electron chi connectivity index (χ0n) is 15.2. The quantitative estimate of drug-likeness (QED) is 0.559. The van der Waals surface area contributed by atoms with Crippen molar-refractivity contribution in [2.24, 2.45) is 7.05 Å². The van der Waals surface area contributed by atoms with E-state index in [-0.39, 0.29) is 0 Å². The topological polar surface area (TPSA) is 48.0 Å². The molecule has 5 heteroatoms. The first-order valence-electron chi connectivity index (χ1n) is 8.78. The highest BCUT2D eigenvalue weighted by atomic mass is 15.3. The molecule has 0 N–H and O–H groups in total. The van der Waals surface area contributed by atoms with Crippen LogP contribution in [0.2, 0.25) is 0 Å². The number of benzene rings is 1. The van der Waals surface area contributed by atoms with Gasteiger partial charge in [-0.1, -0.05) is 43.3 Å². The van der Waals surface area contributed by atoms with Gasteiger partial charge in [0.2, 0.25) is 0 Å². The molecule has 26 heavy (non-hydrogen) atoms. The van der Waals surface area contributed by atoms with E-state index < -0.39 is 0 Å². The average Bonchev–Trinajstić information content (AvgIpc) is 3.25. The summed E-state index contributed by atoms with van der Waals surface area (Å²) in [6.45, 7) is 4.17. The molecule has 0 saturated carbocycles. The standard InChI is InChI=1S/C21H21N5/c1-4-16-11-10-15(2)26-21(16)23-19(24-26)12-13-20-22-18(14-25(20)3)17-8-6-5-7-9-17/h5-14H,4H2,1-3H3/b13-12+. The molecule has 0 bridgehead atoms. The molecule has 0 atom stereocenters. The minimum absolute atomic E-state index is 0.693. The highest BCUT2D eigenvalue weighted by Gasteiger charge is 2.08. The van der Waals surface area contributed by atoms with Gasteiger partial charge in [-0.05, 0) is 37.1 Å². The van der Waals surface area contributed by atoms with Gasteiger partial charge in [-0.3, -0.25) is 0 Å². The van der Waals surface area contributed by atoms with Crippen molar-refractivity contribution in [2.45, 2.75) is 20.3 Å². The van der Waals surface area contributed by atoms with Crippen molar-refractivity contribution >= 4 is 17.8 Å². The third-order valence-corrected chi connectivity index (χ3v) is 4.51. The Morgan fingerprint density at radius 3 is 2.58 bits per heavy atom. The Morgan fingerprint density at radius 2 is 1.81 bits per heavy atom. The molecule has 1 aromatic carbocycles. The van der Waals surface area contributed by atoms with E-state index in [0.29, 0.717) is 5.82 Å². The van der Waals surface area contributed by atoms with E-state index in [0.717, 1.165) is 34.8 Å².